The first-order valence-corrected chi connectivity index (χ1v) is 7.49. The molecule has 3 aromatic heterocycles. The van der Waals surface area contributed by atoms with Gasteiger partial charge in [0.25, 0.3) is 5.56 Å². The summed E-state index contributed by atoms with van der Waals surface area (Å²) in [5.74, 6) is 1.34. The van der Waals surface area contributed by atoms with E-state index in [9.17, 15) is 9.59 Å². The third-order valence-electron chi connectivity index (χ3n) is 4.08. The molecule has 0 saturated carbocycles. The Hall–Kier alpha value is -2.81. The van der Waals surface area contributed by atoms with Crippen molar-refractivity contribution >= 4 is 17.1 Å². The van der Waals surface area contributed by atoms with Crippen molar-refractivity contribution in [1.82, 2.24) is 24.0 Å². The van der Waals surface area contributed by atoms with Crippen LogP contribution in [0.1, 0.15) is 11.8 Å². The number of furan rings is 1. The van der Waals surface area contributed by atoms with Crippen LogP contribution in [0.4, 0.5) is 5.95 Å². The quantitative estimate of drug-likeness (QED) is 0.695. The van der Waals surface area contributed by atoms with Gasteiger partial charge < -0.3 is 14.3 Å². The van der Waals surface area contributed by atoms with E-state index >= 15 is 0 Å². The highest BCUT2D eigenvalue weighted by atomic mass is 16.3. The molecule has 9 nitrogen and oxygen atoms in total. The summed E-state index contributed by atoms with van der Waals surface area (Å²) in [6.07, 6.45) is 1.64. The van der Waals surface area contributed by atoms with Crippen LogP contribution in [0.5, 0.6) is 0 Å². The van der Waals surface area contributed by atoms with Gasteiger partial charge in [0.15, 0.2) is 11.2 Å². The van der Waals surface area contributed by atoms with Gasteiger partial charge in [0.1, 0.15) is 5.76 Å². The summed E-state index contributed by atoms with van der Waals surface area (Å²) in [5, 5.41) is 3.23. The maximum absolute atomic E-state index is 12.0. The van der Waals surface area contributed by atoms with Gasteiger partial charge in [-0.1, -0.05) is 0 Å². The summed E-state index contributed by atoms with van der Waals surface area (Å²) in [6, 6.07) is 3.76. The minimum absolute atomic E-state index is 0.00177. The SMILES string of the molecule is CN(C)[C@@H](CNc1nc2c(c(=O)[nH]c(=O)n2C)n1C)c1ccco1. The molecule has 0 saturated heterocycles. The number of hydrogen-bond acceptors (Lipinski definition) is 6. The van der Waals surface area contributed by atoms with E-state index in [4.69, 9.17) is 4.42 Å². The molecule has 0 aliphatic rings. The van der Waals surface area contributed by atoms with Crippen molar-refractivity contribution in [2.45, 2.75) is 6.04 Å². The second-order valence-electron chi connectivity index (χ2n) is 5.86. The molecule has 2 N–H and O–H groups in total. The zero-order valence-corrected chi connectivity index (χ0v) is 14.0. The fourth-order valence-corrected chi connectivity index (χ4v) is 2.67. The number of hydrogen-bond donors (Lipinski definition) is 2. The highest BCUT2D eigenvalue weighted by Crippen LogP contribution is 2.20. The van der Waals surface area contributed by atoms with E-state index in [1.807, 2.05) is 31.1 Å². The van der Waals surface area contributed by atoms with Gasteiger partial charge in [-0.15, -0.1) is 0 Å². The molecule has 128 valence electrons. The van der Waals surface area contributed by atoms with Crippen LogP contribution in [0.25, 0.3) is 11.2 Å². The molecular formula is C15H20N6O3. The van der Waals surface area contributed by atoms with Crippen LogP contribution in [0.15, 0.2) is 32.4 Å². The maximum Gasteiger partial charge on any atom is 0.329 e. The van der Waals surface area contributed by atoms with Crippen molar-refractivity contribution < 1.29 is 4.42 Å². The second kappa shape index (κ2) is 6.00. The lowest BCUT2D eigenvalue weighted by atomic mass is 10.2. The number of rotatable bonds is 5. The molecule has 24 heavy (non-hydrogen) atoms. The fraction of sp³-hybridized carbons (Fsp3) is 0.400. The van der Waals surface area contributed by atoms with Gasteiger partial charge in [0, 0.05) is 20.6 Å². The number of aromatic nitrogens is 4. The monoisotopic (exact) mass is 332 g/mol. The Kier molecular flexibility index (Phi) is 4.02. The van der Waals surface area contributed by atoms with Crippen LogP contribution >= 0.6 is 0 Å². The molecule has 0 aromatic carbocycles. The number of aromatic amines is 1. The van der Waals surface area contributed by atoms with Gasteiger partial charge in [-0.2, -0.15) is 4.98 Å². The molecule has 3 heterocycles. The molecule has 0 spiro atoms. The lowest BCUT2D eigenvalue weighted by Crippen LogP contribution is -2.29. The van der Waals surface area contributed by atoms with Gasteiger partial charge in [-0.3, -0.25) is 19.2 Å². The normalized spacial score (nSPS) is 12.9. The number of fused-ring (bicyclic) bond motifs is 1. The lowest BCUT2D eigenvalue weighted by molar-refractivity contribution is 0.269. The van der Waals surface area contributed by atoms with Crippen molar-refractivity contribution in [3.63, 3.8) is 0 Å². The number of likely N-dealkylation sites (N-methyl/N-ethyl adjacent to an activating group) is 1. The van der Waals surface area contributed by atoms with Gasteiger partial charge in [-0.05, 0) is 26.2 Å². The highest BCUT2D eigenvalue weighted by Gasteiger charge is 2.19. The Morgan fingerprint density at radius 1 is 1.33 bits per heavy atom. The van der Waals surface area contributed by atoms with E-state index < -0.39 is 11.2 Å². The third-order valence-corrected chi connectivity index (χ3v) is 4.08. The van der Waals surface area contributed by atoms with Crippen LogP contribution < -0.4 is 16.6 Å². The first kappa shape index (κ1) is 16.1. The second-order valence-corrected chi connectivity index (χ2v) is 5.86. The Labute approximate surface area is 137 Å². The number of nitrogens with zero attached hydrogens (tertiary/aromatic N) is 4. The van der Waals surface area contributed by atoms with Crippen molar-refractivity contribution in [3.05, 3.63) is 45.0 Å². The maximum atomic E-state index is 12.0. The largest absolute Gasteiger partial charge is 0.468 e. The number of aryl methyl sites for hydroxylation is 2. The van der Waals surface area contributed by atoms with Crippen LogP contribution in [-0.4, -0.2) is 44.6 Å². The summed E-state index contributed by atoms with van der Waals surface area (Å²) in [7, 11) is 7.22. The first-order valence-electron chi connectivity index (χ1n) is 7.49. The smallest absolute Gasteiger partial charge is 0.329 e. The van der Waals surface area contributed by atoms with Crippen LogP contribution in [-0.2, 0) is 14.1 Å². The van der Waals surface area contributed by atoms with Crippen LogP contribution in [0.2, 0.25) is 0 Å². The first-order chi connectivity index (χ1) is 11.4. The van der Waals surface area contributed by atoms with Crippen molar-refractivity contribution in [2.24, 2.45) is 14.1 Å². The zero-order valence-electron chi connectivity index (χ0n) is 14.0. The molecule has 9 heteroatoms. The van der Waals surface area contributed by atoms with E-state index in [1.165, 1.54) is 4.57 Å². The minimum atomic E-state index is -0.487. The summed E-state index contributed by atoms with van der Waals surface area (Å²) >= 11 is 0. The fourth-order valence-electron chi connectivity index (χ4n) is 2.67. The zero-order chi connectivity index (χ0) is 17.4. The van der Waals surface area contributed by atoms with E-state index in [-0.39, 0.29) is 6.04 Å². The molecule has 0 aliphatic carbocycles. The Bertz CT molecular complexity index is 964. The predicted molar refractivity (Wildman–Crippen MR) is 90.2 cm³/mol. The van der Waals surface area contributed by atoms with Crippen molar-refractivity contribution in [2.75, 3.05) is 26.0 Å². The summed E-state index contributed by atoms with van der Waals surface area (Å²) in [5.41, 5.74) is -0.252. The molecule has 0 fully saturated rings. The topological polar surface area (TPSA) is 101 Å². The van der Waals surface area contributed by atoms with E-state index in [2.05, 4.69) is 15.3 Å². The summed E-state index contributed by atoms with van der Waals surface area (Å²) in [4.78, 5) is 32.4. The summed E-state index contributed by atoms with van der Waals surface area (Å²) < 4.78 is 8.44. The van der Waals surface area contributed by atoms with Crippen molar-refractivity contribution in [3.8, 4) is 0 Å². The van der Waals surface area contributed by atoms with Crippen LogP contribution in [0.3, 0.4) is 0 Å². The molecule has 0 aliphatic heterocycles. The summed E-state index contributed by atoms with van der Waals surface area (Å²) in [6.45, 7) is 0.531. The lowest BCUT2D eigenvalue weighted by Gasteiger charge is -2.22. The number of anilines is 1. The van der Waals surface area contributed by atoms with Crippen molar-refractivity contribution in [1.29, 1.82) is 0 Å². The number of H-pyrrole nitrogens is 1. The minimum Gasteiger partial charge on any atom is -0.468 e. The number of nitrogens with one attached hydrogen (secondary N) is 2. The van der Waals surface area contributed by atoms with E-state index in [0.717, 1.165) is 5.76 Å². The molecule has 3 rings (SSSR count). The van der Waals surface area contributed by atoms with E-state index in [1.54, 1.807) is 24.9 Å². The Balaban J connectivity index is 1.95. The standard InChI is InChI=1S/C15H20N6O3/c1-19(2)9(10-6-5-7-24-10)8-16-14-17-12-11(20(14)3)13(22)18-15(23)21(12)4/h5-7,9H,8H2,1-4H3,(H,16,17)(H,18,22,23)/t9-/m0/s1. The van der Waals surface area contributed by atoms with Gasteiger partial charge in [-0.25, -0.2) is 4.79 Å². The molecular weight excluding hydrogens is 312 g/mol. The van der Waals surface area contributed by atoms with Crippen LogP contribution in [0, 0.1) is 0 Å². The molecule has 0 bridgehead atoms. The van der Waals surface area contributed by atoms with Gasteiger partial charge in [0.2, 0.25) is 5.95 Å². The highest BCUT2D eigenvalue weighted by molar-refractivity contribution is 5.73. The Morgan fingerprint density at radius 2 is 2.08 bits per heavy atom. The average Bonchev–Trinajstić information content (AvgIpc) is 3.14. The number of imidazole rings is 1. The molecule has 0 unspecified atom stereocenters. The Morgan fingerprint density at radius 3 is 2.71 bits per heavy atom. The molecule has 0 amide bonds. The molecule has 0 radical (unpaired) electrons. The predicted octanol–water partition coefficient (Wildman–Crippen LogP) is 0.268. The molecule has 3 aromatic rings. The van der Waals surface area contributed by atoms with E-state index in [0.29, 0.717) is 23.7 Å². The van der Waals surface area contributed by atoms with Gasteiger partial charge >= 0.3 is 5.69 Å². The third kappa shape index (κ3) is 2.62. The molecule has 1 atom stereocenters. The van der Waals surface area contributed by atoms with Gasteiger partial charge in [0.05, 0.1) is 12.3 Å². The average molecular weight is 332 g/mol.